The van der Waals surface area contributed by atoms with Gasteiger partial charge in [0.25, 0.3) is 0 Å². The second kappa shape index (κ2) is 6.86. The Hall–Kier alpha value is -2.14. The molecule has 1 heterocycles. The van der Waals surface area contributed by atoms with Crippen LogP contribution in [0.15, 0.2) is 53.1 Å². The second-order valence-electron chi connectivity index (χ2n) is 3.97. The fourth-order valence-corrected chi connectivity index (χ4v) is 1.96. The number of rotatable bonds is 4. The highest BCUT2D eigenvalue weighted by molar-refractivity contribution is 9.10. The molecule has 0 fully saturated rings. The van der Waals surface area contributed by atoms with E-state index in [2.05, 4.69) is 26.2 Å². The Labute approximate surface area is 125 Å². The number of hydrogen-bond acceptors (Lipinski definition) is 3. The van der Waals surface area contributed by atoms with Crippen molar-refractivity contribution in [2.24, 2.45) is 0 Å². The maximum Gasteiger partial charge on any atom is 0.248 e. The van der Waals surface area contributed by atoms with Gasteiger partial charge in [-0.05, 0) is 29.8 Å². The molecule has 2 rings (SSSR count). The third kappa shape index (κ3) is 4.20. The Morgan fingerprint density at radius 3 is 2.85 bits per heavy atom. The first-order valence-corrected chi connectivity index (χ1v) is 6.71. The fraction of sp³-hybridized carbons (Fsp3) is 0.0667. The minimum Gasteiger partial charge on any atom is -0.481 e. The average molecular weight is 333 g/mol. The first-order valence-electron chi connectivity index (χ1n) is 5.92. The number of aromatic nitrogens is 1. The molecule has 0 aliphatic heterocycles. The van der Waals surface area contributed by atoms with E-state index >= 15 is 0 Å². The first-order chi connectivity index (χ1) is 9.67. The quantitative estimate of drug-likeness (QED) is 0.871. The molecular formula is C15H13BrN2O2. The van der Waals surface area contributed by atoms with Gasteiger partial charge in [-0.2, -0.15) is 0 Å². The number of nitrogens with zero attached hydrogens (tertiary/aromatic N) is 1. The van der Waals surface area contributed by atoms with Gasteiger partial charge in [0.1, 0.15) is 0 Å². The molecule has 102 valence electrons. The molecule has 0 radical (unpaired) electrons. The van der Waals surface area contributed by atoms with Crippen molar-refractivity contribution < 1.29 is 9.53 Å². The van der Waals surface area contributed by atoms with Crippen molar-refractivity contribution in [1.82, 2.24) is 4.98 Å². The molecule has 4 nitrogen and oxygen atoms in total. The Bertz CT molecular complexity index is 624. The highest BCUT2D eigenvalue weighted by Gasteiger charge is 1.99. The summed E-state index contributed by atoms with van der Waals surface area (Å²) in [6.07, 6.45) is 4.77. The summed E-state index contributed by atoms with van der Waals surface area (Å²) in [6.45, 7) is 0. The minimum atomic E-state index is -0.211. The van der Waals surface area contributed by atoms with Gasteiger partial charge in [-0.1, -0.05) is 28.1 Å². The van der Waals surface area contributed by atoms with Crippen LogP contribution in [0.1, 0.15) is 5.56 Å². The van der Waals surface area contributed by atoms with Crippen LogP contribution in [0, 0.1) is 0 Å². The Kier molecular flexibility index (Phi) is 4.90. The van der Waals surface area contributed by atoms with E-state index in [-0.39, 0.29) is 5.91 Å². The van der Waals surface area contributed by atoms with E-state index in [0.717, 1.165) is 10.0 Å². The van der Waals surface area contributed by atoms with Crippen molar-refractivity contribution in [2.45, 2.75) is 0 Å². The molecule has 20 heavy (non-hydrogen) atoms. The zero-order valence-electron chi connectivity index (χ0n) is 10.8. The van der Waals surface area contributed by atoms with Crippen LogP contribution in [-0.2, 0) is 4.79 Å². The van der Waals surface area contributed by atoms with Crippen LogP contribution in [0.4, 0.5) is 5.69 Å². The monoisotopic (exact) mass is 332 g/mol. The maximum absolute atomic E-state index is 11.8. The maximum atomic E-state index is 11.8. The molecule has 0 spiro atoms. The third-order valence-corrected chi connectivity index (χ3v) is 2.98. The molecular weight excluding hydrogens is 320 g/mol. The van der Waals surface area contributed by atoms with Gasteiger partial charge in [-0.15, -0.1) is 0 Å². The van der Waals surface area contributed by atoms with Gasteiger partial charge < -0.3 is 10.1 Å². The van der Waals surface area contributed by atoms with Gasteiger partial charge in [0, 0.05) is 16.6 Å². The van der Waals surface area contributed by atoms with Crippen LogP contribution < -0.4 is 10.1 Å². The highest BCUT2D eigenvalue weighted by Crippen LogP contribution is 2.13. The Balaban J connectivity index is 1.98. The van der Waals surface area contributed by atoms with Gasteiger partial charge >= 0.3 is 0 Å². The van der Waals surface area contributed by atoms with Gasteiger partial charge in [0.15, 0.2) is 0 Å². The van der Waals surface area contributed by atoms with Crippen molar-refractivity contribution in [3.63, 3.8) is 0 Å². The molecule has 0 atom stereocenters. The van der Waals surface area contributed by atoms with Gasteiger partial charge in [-0.3, -0.25) is 4.79 Å². The third-order valence-electron chi connectivity index (χ3n) is 2.49. The lowest BCUT2D eigenvalue weighted by Gasteiger charge is -2.02. The number of methoxy groups -OCH3 is 1. The SMILES string of the molecule is COc1ccc(NC(=O)/C=C/c2cccc(Br)c2)cn1. The molecule has 0 aliphatic rings. The van der Waals surface area contributed by atoms with E-state index in [1.165, 1.54) is 6.08 Å². The number of halogens is 1. The number of anilines is 1. The van der Waals surface area contributed by atoms with Crippen molar-refractivity contribution >= 4 is 33.6 Å². The number of ether oxygens (including phenoxy) is 1. The van der Waals surface area contributed by atoms with Crippen LogP contribution in [0.25, 0.3) is 6.08 Å². The summed E-state index contributed by atoms with van der Waals surface area (Å²) in [4.78, 5) is 15.8. The molecule has 0 bridgehead atoms. The van der Waals surface area contributed by atoms with Crippen molar-refractivity contribution in [1.29, 1.82) is 0 Å². The smallest absolute Gasteiger partial charge is 0.248 e. The van der Waals surface area contributed by atoms with E-state index in [1.54, 1.807) is 31.5 Å². The molecule has 0 aliphatic carbocycles. The summed E-state index contributed by atoms with van der Waals surface area (Å²) in [5.74, 6) is 0.296. The van der Waals surface area contributed by atoms with E-state index in [0.29, 0.717) is 11.6 Å². The summed E-state index contributed by atoms with van der Waals surface area (Å²) in [5.41, 5.74) is 1.57. The van der Waals surface area contributed by atoms with E-state index in [9.17, 15) is 4.79 Å². The number of pyridine rings is 1. The summed E-state index contributed by atoms with van der Waals surface area (Å²) in [6, 6.07) is 11.1. The van der Waals surface area contributed by atoms with Crippen molar-refractivity contribution in [3.8, 4) is 5.88 Å². The topological polar surface area (TPSA) is 51.2 Å². The van der Waals surface area contributed by atoms with Gasteiger partial charge in [-0.25, -0.2) is 4.98 Å². The molecule has 2 aromatic rings. The number of carbonyl (C=O) groups excluding carboxylic acids is 1. The van der Waals surface area contributed by atoms with Crippen LogP contribution >= 0.6 is 15.9 Å². The minimum absolute atomic E-state index is 0.211. The molecule has 0 saturated heterocycles. The van der Waals surface area contributed by atoms with E-state index < -0.39 is 0 Å². The molecule has 1 N–H and O–H groups in total. The van der Waals surface area contributed by atoms with E-state index in [1.807, 2.05) is 24.3 Å². The standard InChI is InChI=1S/C15H13BrN2O2/c1-20-15-8-6-13(10-17-15)18-14(19)7-5-11-3-2-4-12(16)9-11/h2-10H,1H3,(H,18,19)/b7-5+. The van der Waals surface area contributed by atoms with E-state index in [4.69, 9.17) is 4.74 Å². The number of carbonyl (C=O) groups is 1. The Morgan fingerprint density at radius 2 is 2.20 bits per heavy atom. The number of benzene rings is 1. The summed E-state index contributed by atoms with van der Waals surface area (Å²) in [7, 11) is 1.54. The first kappa shape index (κ1) is 14.3. The molecule has 0 saturated carbocycles. The molecule has 5 heteroatoms. The largest absolute Gasteiger partial charge is 0.481 e. The molecule has 1 amide bonds. The van der Waals surface area contributed by atoms with Crippen LogP contribution in [0.3, 0.4) is 0 Å². The molecule has 1 aromatic carbocycles. The lowest BCUT2D eigenvalue weighted by atomic mass is 10.2. The number of hydrogen-bond donors (Lipinski definition) is 1. The van der Waals surface area contributed by atoms with Gasteiger partial charge in [0.2, 0.25) is 11.8 Å². The normalized spacial score (nSPS) is 10.5. The summed E-state index contributed by atoms with van der Waals surface area (Å²) >= 11 is 3.38. The average Bonchev–Trinajstić information content (AvgIpc) is 2.46. The van der Waals surface area contributed by atoms with Crippen molar-refractivity contribution in [3.05, 3.63) is 58.7 Å². The summed E-state index contributed by atoms with van der Waals surface area (Å²) < 4.78 is 5.92. The Morgan fingerprint density at radius 1 is 1.35 bits per heavy atom. The lowest BCUT2D eigenvalue weighted by Crippen LogP contribution is -2.07. The predicted octanol–water partition coefficient (Wildman–Crippen LogP) is 3.50. The van der Waals surface area contributed by atoms with Crippen molar-refractivity contribution in [2.75, 3.05) is 12.4 Å². The highest BCUT2D eigenvalue weighted by atomic mass is 79.9. The van der Waals surface area contributed by atoms with Crippen LogP contribution in [-0.4, -0.2) is 18.0 Å². The van der Waals surface area contributed by atoms with Crippen LogP contribution in [0.2, 0.25) is 0 Å². The predicted molar refractivity (Wildman–Crippen MR) is 82.6 cm³/mol. The van der Waals surface area contributed by atoms with Crippen LogP contribution in [0.5, 0.6) is 5.88 Å². The second-order valence-corrected chi connectivity index (χ2v) is 4.88. The number of nitrogens with one attached hydrogen (secondary N) is 1. The van der Waals surface area contributed by atoms with Gasteiger partial charge in [0.05, 0.1) is 19.0 Å². The molecule has 1 aromatic heterocycles. The zero-order chi connectivity index (χ0) is 14.4. The fourth-order valence-electron chi connectivity index (χ4n) is 1.54. The lowest BCUT2D eigenvalue weighted by molar-refractivity contribution is -0.111. The zero-order valence-corrected chi connectivity index (χ0v) is 12.4. The molecule has 0 unspecified atom stereocenters. The number of amides is 1. The summed E-state index contributed by atoms with van der Waals surface area (Å²) in [5, 5.41) is 2.72.